The molecule has 0 N–H and O–H groups in total. The Labute approximate surface area is 169 Å². The number of nitriles is 1. The van der Waals surface area contributed by atoms with Gasteiger partial charge in [0.1, 0.15) is 0 Å². The van der Waals surface area contributed by atoms with E-state index < -0.39 is 10.8 Å². The summed E-state index contributed by atoms with van der Waals surface area (Å²) in [5.74, 6) is -0.342. The van der Waals surface area contributed by atoms with E-state index in [-0.39, 0.29) is 5.92 Å². The first-order valence-corrected chi connectivity index (χ1v) is 10.4. The summed E-state index contributed by atoms with van der Waals surface area (Å²) in [4.78, 5) is 1.47. The number of allylic oxidation sites excluding steroid dienone is 1. The van der Waals surface area contributed by atoms with E-state index in [1.807, 2.05) is 92.7 Å². The molecule has 140 valence electrons. The number of nitrogens with zero attached hydrogens (tertiary/aromatic N) is 1. The molecule has 28 heavy (non-hydrogen) atoms. The topological polar surface area (TPSA) is 40.9 Å². The fourth-order valence-electron chi connectivity index (χ4n) is 3.17. The highest BCUT2D eigenvalue weighted by Crippen LogP contribution is 2.30. The van der Waals surface area contributed by atoms with Crippen molar-refractivity contribution in [3.8, 4) is 6.07 Å². The van der Waals surface area contributed by atoms with E-state index in [2.05, 4.69) is 12.1 Å². The molecule has 0 amide bonds. The van der Waals surface area contributed by atoms with Crippen molar-refractivity contribution in [1.82, 2.24) is 0 Å². The smallest absolute Gasteiger partial charge is 0.0852 e. The lowest BCUT2D eigenvalue weighted by atomic mass is 9.93. The summed E-state index contributed by atoms with van der Waals surface area (Å²) >= 11 is 0. The van der Waals surface area contributed by atoms with Gasteiger partial charge in [0.15, 0.2) is 0 Å². The van der Waals surface area contributed by atoms with Crippen LogP contribution in [-0.4, -0.2) is 4.21 Å². The number of hydrogen-bond acceptors (Lipinski definition) is 2. The van der Waals surface area contributed by atoms with Gasteiger partial charge in [0.05, 0.1) is 22.8 Å². The summed E-state index contributed by atoms with van der Waals surface area (Å²) in [6.45, 7) is 4.05. The summed E-state index contributed by atoms with van der Waals surface area (Å²) in [6.07, 6.45) is 2.71. The predicted molar refractivity (Wildman–Crippen MR) is 115 cm³/mol. The highest BCUT2D eigenvalue weighted by Gasteiger charge is 2.19. The summed E-state index contributed by atoms with van der Waals surface area (Å²) in [7, 11) is -1.31. The van der Waals surface area contributed by atoms with Gasteiger partial charge in [0.2, 0.25) is 0 Å². The second kappa shape index (κ2) is 9.30. The Morgan fingerprint density at radius 1 is 1.00 bits per heavy atom. The van der Waals surface area contributed by atoms with Crippen LogP contribution in [0.2, 0.25) is 0 Å². The van der Waals surface area contributed by atoms with Gasteiger partial charge in [-0.15, -0.1) is 0 Å². The third-order valence-corrected chi connectivity index (χ3v) is 6.10. The van der Waals surface area contributed by atoms with Crippen molar-refractivity contribution in [3.05, 3.63) is 101 Å². The summed E-state index contributed by atoms with van der Waals surface area (Å²) in [6, 6.07) is 27.8. The van der Waals surface area contributed by atoms with Crippen LogP contribution < -0.4 is 0 Å². The van der Waals surface area contributed by atoms with Gasteiger partial charge in [0, 0.05) is 9.79 Å². The number of hydrogen-bond donors (Lipinski definition) is 0. The Morgan fingerprint density at radius 2 is 1.64 bits per heavy atom. The molecule has 0 bridgehead atoms. The monoisotopic (exact) mass is 385 g/mol. The van der Waals surface area contributed by atoms with Crippen LogP contribution in [0.25, 0.3) is 6.08 Å². The van der Waals surface area contributed by atoms with Crippen molar-refractivity contribution in [2.75, 3.05) is 0 Å². The quantitative estimate of drug-likeness (QED) is 0.502. The fourth-order valence-corrected chi connectivity index (χ4v) is 4.43. The highest BCUT2D eigenvalue weighted by molar-refractivity contribution is 7.85. The first kappa shape index (κ1) is 19.8. The molecule has 0 fully saturated rings. The summed E-state index contributed by atoms with van der Waals surface area (Å²) in [5.41, 5.74) is 4.21. The molecule has 3 rings (SSSR count). The van der Waals surface area contributed by atoms with E-state index in [4.69, 9.17) is 0 Å². The molecule has 2 nitrogen and oxygen atoms in total. The Kier molecular flexibility index (Phi) is 6.57. The number of aryl methyl sites for hydroxylation is 1. The second-order valence-electron chi connectivity index (χ2n) is 6.91. The summed E-state index contributed by atoms with van der Waals surface area (Å²) < 4.78 is 13.2. The van der Waals surface area contributed by atoms with Gasteiger partial charge < -0.3 is 0 Å². The van der Waals surface area contributed by atoms with Gasteiger partial charge >= 0.3 is 0 Å². The minimum absolute atomic E-state index is 0.342. The van der Waals surface area contributed by atoms with Gasteiger partial charge in [-0.25, -0.2) is 4.21 Å². The average Bonchev–Trinajstić information content (AvgIpc) is 2.73. The SMILES string of the molecule is C/C(=C\c1ccccc1)CC(C#N)c1ccccc1S(=O)c1ccc(C)cc1. The molecular formula is C25H23NOS. The lowest BCUT2D eigenvalue weighted by Gasteiger charge is -2.15. The van der Waals surface area contributed by atoms with Crippen LogP contribution in [0.15, 0.2) is 94.2 Å². The molecule has 0 aliphatic rings. The lowest BCUT2D eigenvalue weighted by molar-refractivity contribution is 0.681. The molecule has 3 heteroatoms. The van der Waals surface area contributed by atoms with Gasteiger partial charge in [-0.1, -0.05) is 77.9 Å². The molecule has 0 aliphatic carbocycles. The zero-order valence-electron chi connectivity index (χ0n) is 16.1. The molecule has 0 heterocycles. The van der Waals surface area contributed by atoms with Crippen LogP contribution in [0.5, 0.6) is 0 Å². The molecule has 2 unspecified atom stereocenters. The van der Waals surface area contributed by atoms with E-state index in [0.29, 0.717) is 11.3 Å². The van der Waals surface area contributed by atoms with Gasteiger partial charge in [-0.3, -0.25) is 0 Å². The van der Waals surface area contributed by atoms with Crippen LogP contribution >= 0.6 is 0 Å². The van der Waals surface area contributed by atoms with Gasteiger partial charge in [-0.2, -0.15) is 5.26 Å². The molecule has 2 atom stereocenters. The largest absolute Gasteiger partial charge is 0.249 e. The molecule has 0 radical (unpaired) electrons. The first-order valence-electron chi connectivity index (χ1n) is 9.27. The molecule has 3 aromatic carbocycles. The maximum atomic E-state index is 13.2. The molecule has 0 aliphatic heterocycles. The molecule has 0 saturated heterocycles. The van der Waals surface area contributed by atoms with Crippen LogP contribution in [0, 0.1) is 18.3 Å². The Hall–Kier alpha value is -2.96. The van der Waals surface area contributed by atoms with Crippen LogP contribution in [0.1, 0.15) is 36.0 Å². The lowest BCUT2D eigenvalue weighted by Crippen LogP contribution is -2.04. The second-order valence-corrected chi connectivity index (χ2v) is 8.36. The van der Waals surface area contributed by atoms with Crippen molar-refractivity contribution in [2.45, 2.75) is 36.0 Å². The average molecular weight is 386 g/mol. The zero-order chi connectivity index (χ0) is 19.9. The molecule has 0 saturated carbocycles. The third-order valence-electron chi connectivity index (χ3n) is 4.62. The zero-order valence-corrected chi connectivity index (χ0v) is 16.9. The van der Waals surface area contributed by atoms with Gasteiger partial charge in [-0.05, 0) is 49.6 Å². The van der Waals surface area contributed by atoms with Crippen molar-refractivity contribution in [1.29, 1.82) is 5.26 Å². The van der Waals surface area contributed by atoms with Crippen molar-refractivity contribution in [2.24, 2.45) is 0 Å². The summed E-state index contributed by atoms with van der Waals surface area (Å²) in [5, 5.41) is 9.83. The highest BCUT2D eigenvalue weighted by atomic mass is 32.2. The van der Waals surface area contributed by atoms with E-state index >= 15 is 0 Å². The van der Waals surface area contributed by atoms with Crippen LogP contribution in [-0.2, 0) is 10.8 Å². The Balaban J connectivity index is 1.89. The molecule has 3 aromatic rings. The van der Waals surface area contributed by atoms with Crippen molar-refractivity contribution >= 4 is 16.9 Å². The fraction of sp³-hybridized carbons (Fsp3) is 0.160. The van der Waals surface area contributed by atoms with Gasteiger partial charge in [0.25, 0.3) is 0 Å². The van der Waals surface area contributed by atoms with E-state index in [0.717, 1.165) is 27.2 Å². The number of rotatable bonds is 6. The molecule has 0 aromatic heterocycles. The maximum Gasteiger partial charge on any atom is 0.0852 e. The maximum absolute atomic E-state index is 13.2. The van der Waals surface area contributed by atoms with Crippen molar-refractivity contribution < 1.29 is 4.21 Å². The van der Waals surface area contributed by atoms with E-state index in [1.165, 1.54) is 0 Å². The van der Waals surface area contributed by atoms with E-state index in [9.17, 15) is 9.47 Å². The normalized spacial score (nSPS) is 13.5. The van der Waals surface area contributed by atoms with Crippen LogP contribution in [0.4, 0.5) is 0 Å². The molecule has 0 spiro atoms. The predicted octanol–water partition coefficient (Wildman–Crippen LogP) is 6.26. The third kappa shape index (κ3) is 4.85. The Bertz CT molecular complexity index is 1030. The minimum atomic E-state index is -1.31. The molecular weight excluding hydrogens is 362 g/mol. The van der Waals surface area contributed by atoms with Crippen molar-refractivity contribution in [3.63, 3.8) is 0 Å². The Morgan fingerprint density at radius 3 is 2.32 bits per heavy atom. The standard InChI is InChI=1S/C25H23NOS/c1-19-12-14-23(15-13-19)28(27)25-11-7-6-10-24(25)22(18-26)17-20(2)16-21-8-4-3-5-9-21/h3-16,22H,17H2,1-2H3/b20-16+. The minimum Gasteiger partial charge on any atom is -0.249 e. The number of benzene rings is 3. The van der Waals surface area contributed by atoms with E-state index in [1.54, 1.807) is 0 Å². The van der Waals surface area contributed by atoms with Crippen LogP contribution in [0.3, 0.4) is 0 Å². The first-order chi connectivity index (χ1) is 13.6.